The Balaban J connectivity index is 1.74. The van der Waals surface area contributed by atoms with E-state index in [1.807, 2.05) is 49.9 Å². The Morgan fingerprint density at radius 1 is 1.14 bits per heavy atom. The van der Waals surface area contributed by atoms with E-state index in [4.69, 9.17) is 11.6 Å². The van der Waals surface area contributed by atoms with E-state index in [0.717, 1.165) is 18.4 Å². The van der Waals surface area contributed by atoms with Gasteiger partial charge in [-0.05, 0) is 70.1 Å². The van der Waals surface area contributed by atoms with Crippen LogP contribution in [0.3, 0.4) is 0 Å². The highest BCUT2D eigenvalue weighted by Crippen LogP contribution is 2.39. The highest BCUT2D eigenvalue weighted by molar-refractivity contribution is 6.30. The zero-order chi connectivity index (χ0) is 21.2. The van der Waals surface area contributed by atoms with Crippen molar-refractivity contribution in [1.82, 2.24) is 9.80 Å². The Morgan fingerprint density at radius 3 is 2.28 bits per heavy atom. The smallest absolute Gasteiger partial charge is 0.407 e. The SMILES string of the molecule is CC(C)(C)N(C(=O)O)C1CCN(C(=O)C(c2cccc(Cl)c2)C2CCCC2)CC1. The van der Waals surface area contributed by atoms with Crippen LogP contribution in [0.5, 0.6) is 0 Å². The van der Waals surface area contributed by atoms with Crippen molar-refractivity contribution in [2.24, 2.45) is 5.92 Å². The van der Waals surface area contributed by atoms with Crippen LogP contribution in [0.15, 0.2) is 24.3 Å². The fraction of sp³-hybridized carbons (Fsp3) is 0.652. The molecule has 1 aromatic carbocycles. The van der Waals surface area contributed by atoms with E-state index in [9.17, 15) is 14.7 Å². The molecular weight excluding hydrogens is 388 g/mol. The molecule has 1 unspecified atom stereocenters. The van der Waals surface area contributed by atoms with E-state index in [-0.39, 0.29) is 17.9 Å². The van der Waals surface area contributed by atoms with Gasteiger partial charge >= 0.3 is 6.09 Å². The van der Waals surface area contributed by atoms with E-state index in [1.54, 1.807) is 4.90 Å². The quantitative estimate of drug-likeness (QED) is 0.710. The predicted molar refractivity (Wildman–Crippen MR) is 115 cm³/mol. The molecule has 1 aliphatic heterocycles. The number of likely N-dealkylation sites (tertiary alicyclic amines) is 1. The third-order valence-electron chi connectivity index (χ3n) is 6.42. The predicted octanol–water partition coefficient (Wildman–Crippen LogP) is 5.38. The first-order chi connectivity index (χ1) is 13.7. The summed E-state index contributed by atoms with van der Waals surface area (Å²) in [5.41, 5.74) is 0.564. The number of piperidine rings is 1. The molecule has 0 radical (unpaired) electrons. The lowest BCUT2D eigenvalue weighted by atomic mass is 9.83. The average Bonchev–Trinajstić information content (AvgIpc) is 3.15. The Kier molecular flexibility index (Phi) is 6.77. The minimum atomic E-state index is -0.884. The largest absolute Gasteiger partial charge is 0.465 e. The lowest BCUT2D eigenvalue weighted by Gasteiger charge is -2.44. The van der Waals surface area contributed by atoms with Gasteiger partial charge in [0.1, 0.15) is 0 Å². The van der Waals surface area contributed by atoms with Crippen molar-refractivity contribution in [3.05, 3.63) is 34.9 Å². The Morgan fingerprint density at radius 2 is 1.76 bits per heavy atom. The first-order valence-electron chi connectivity index (χ1n) is 10.7. The Bertz CT molecular complexity index is 732. The average molecular weight is 421 g/mol. The van der Waals surface area contributed by atoms with Crippen molar-refractivity contribution in [2.45, 2.75) is 76.8 Å². The Hall–Kier alpha value is -1.75. The zero-order valence-corrected chi connectivity index (χ0v) is 18.5. The van der Waals surface area contributed by atoms with E-state index in [0.29, 0.717) is 36.9 Å². The number of carboxylic acid groups (broad SMARTS) is 1. The van der Waals surface area contributed by atoms with Gasteiger partial charge in [0.25, 0.3) is 0 Å². The molecule has 1 saturated heterocycles. The van der Waals surface area contributed by atoms with Gasteiger partial charge in [-0.3, -0.25) is 4.79 Å². The molecule has 0 spiro atoms. The van der Waals surface area contributed by atoms with Crippen molar-refractivity contribution >= 4 is 23.6 Å². The summed E-state index contributed by atoms with van der Waals surface area (Å²) in [6, 6.07) is 7.67. The number of carbonyl (C=O) groups is 2. The van der Waals surface area contributed by atoms with Gasteiger partial charge in [-0.15, -0.1) is 0 Å². The Labute approximate surface area is 179 Å². The molecule has 29 heavy (non-hydrogen) atoms. The van der Waals surface area contributed by atoms with Crippen LogP contribution in [0.1, 0.15) is 70.8 Å². The maximum absolute atomic E-state index is 13.6. The van der Waals surface area contributed by atoms with Gasteiger partial charge in [0.2, 0.25) is 5.91 Å². The van der Waals surface area contributed by atoms with E-state index in [1.165, 1.54) is 12.8 Å². The molecule has 1 saturated carbocycles. The molecule has 2 amide bonds. The van der Waals surface area contributed by atoms with Crippen LogP contribution >= 0.6 is 11.6 Å². The highest BCUT2D eigenvalue weighted by atomic mass is 35.5. The van der Waals surface area contributed by atoms with Gasteiger partial charge < -0.3 is 14.9 Å². The number of halogens is 1. The van der Waals surface area contributed by atoms with Crippen molar-refractivity contribution in [1.29, 1.82) is 0 Å². The van der Waals surface area contributed by atoms with Crippen LogP contribution in [-0.4, -0.2) is 51.6 Å². The maximum Gasteiger partial charge on any atom is 0.407 e. The minimum absolute atomic E-state index is 0.0485. The fourth-order valence-electron chi connectivity index (χ4n) is 5.14. The zero-order valence-electron chi connectivity index (χ0n) is 17.7. The molecule has 1 aromatic rings. The fourth-order valence-corrected chi connectivity index (χ4v) is 5.34. The lowest BCUT2D eigenvalue weighted by molar-refractivity contribution is -0.135. The van der Waals surface area contributed by atoms with Crippen molar-refractivity contribution in [3.63, 3.8) is 0 Å². The summed E-state index contributed by atoms with van der Waals surface area (Å²) in [6.07, 6.45) is 4.99. The van der Waals surface area contributed by atoms with Gasteiger partial charge in [0, 0.05) is 29.7 Å². The molecule has 1 aliphatic carbocycles. The second-order valence-electron chi connectivity index (χ2n) is 9.46. The molecule has 0 bridgehead atoms. The summed E-state index contributed by atoms with van der Waals surface area (Å²) in [4.78, 5) is 28.9. The summed E-state index contributed by atoms with van der Waals surface area (Å²) in [7, 11) is 0. The van der Waals surface area contributed by atoms with Gasteiger partial charge in [-0.1, -0.05) is 36.6 Å². The van der Waals surface area contributed by atoms with Gasteiger partial charge in [-0.2, -0.15) is 0 Å². The molecule has 0 aromatic heterocycles. The van der Waals surface area contributed by atoms with Gasteiger partial charge in [0.05, 0.1) is 5.92 Å². The van der Waals surface area contributed by atoms with Crippen LogP contribution in [-0.2, 0) is 4.79 Å². The topological polar surface area (TPSA) is 60.9 Å². The molecule has 1 atom stereocenters. The van der Waals surface area contributed by atoms with Crippen LogP contribution in [0.25, 0.3) is 0 Å². The summed E-state index contributed by atoms with van der Waals surface area (Å²) < 4.78 is 0. The monoisotopic (exact) mass is 420 g/mol. The summed E-state index contributed by atoms with van der Waals surface area (Å²) in [6.45, 7) is 6.98. The number of amides is 2. The molecule has 2 fully saturated rings. The number of rotatable bonds is 4. The van der Waals surface area contributed by atoms with Crippen LogP contribution in [0.4, 0.5) is 4.79 Å². The number of hydrogen-bond acceptors (Lipinski definition) is 2. The summed E-state index contributed by atoms with van der Waals surface area (Å²) in [5.74, 6) is 0.393. The summed E-state index contributed by atoms with van der Waals surface area (Å²) >= 11 is 6.23. The normalized spacial score (nSPS) is 19.9. The van der Waals surface area contributed by atoms with E-state index < -0.39 is 11.6 Å². The van der Waals surface area contributed by atoms with Crippen LogP contribution in [0, 0.1) is 5.92 Å². The first-order valence-corrected chi connectivity index (χ1v) is 11.1. The second-order valence-corrected chi connectivity index (χ2v) is 9.89. The van der Waals surface area contributed by atoms with E-state index >= 15 is 0 Å². The second kappa shape index (κ2) is 8.95. The highest BCUT2D eigenvalue weighted by Gasteiger charge is 2.39. The number of nitrogens with zero attached hydrogens (tertiary/aromatic N) is 2. The standard InChI is InChI=1S/C23H33ClN2O3/c1-23(2,3)26(22(28)29)19-11-13-25(14-12-19)21(27)20(16-7-4-5-8-16)17-9-6-10-18(24)15-17/h6,9-10,15-16,19-20H,4-5,7-8,11-14H2,1-3H3,(H,28,29). The number of benzene rings is 1. The third-order valence-corrected chi connectivity index (χ3v) is 6.65. The molecule has 2 aliphatic rings. The minimum Gasteiger partial charge on any atom is -0.465 e. The first kappa shape index (κ1) is 21.9. The lowest BCUT2D eigenvalue weighted by Crippen LogP contribution is -2.55. The molecule has 5 nitrogen and oxygen atoms in total. The summed E-state index contributed by atoms with van der Waals surface area (Å²) in [5, 5.41) is 10.3. The van der Waals surface area contributed by atoms with Crippen LogP contribution in [0.2, 0.25) is 5.02 Å². The molecule has 6 heteroatoms. The third kappa shape index (κ3) is 5.06. The molecular formula is C23H33ClN2O3. The van der Waals surface area contributed by atoms with Crippen LogP contribution < -0.4 is 0 Å². The molecule has 1 N–H and O–H groups in total. The van der Waals surface area contributed by atoms with Gasteiger partial charge in [0.15, 0.2) is 0 Å². The number of carbonyl (C=O) groups excluding carboxylic acids is 1. The molecule has 3 rings (SSSR count). The molecule has 160 valence electrons. The van der Waals surface area contributed by atoms with Crippen molar-refractivity contribution in [2.75, 3.05) is 13.1 Å². The van der Waals surface area contributed by atoms with Crippen molar-refractivity contribution < 1.29 is 14.7 Å². The van der Waals surface area contributed by atoms with Gasteiger partial charge in [-0.25, -0.2) is 4.79 Å². The maximum atomic E-state index is 13.6. The van der Waals surface area contributed by atoms with Crippen molar-refractivity contribution in [3.8, 4) is 0 Å². The van der Waals surface area contributed by atoms with E-state index in [2.05, 4.69) is 0 Å². The number of hydrogen-bond donors (Lipinski definition) is 1. The molecule has 1 heterocycles.